The van der Waals surface area contributed by atoms with Gasteiger partial charge in [0.1, 0.15) is 12.2 Å². The first-order valence-corrected chi connectivity index (χ1v) is 8.57. The monoisotopic (exact) mass is 261 g/mol. The molecule has 0 aromatic heterocycles. The molecule has 1 unspecified atom stereocenters. The van der Waals surface area contributed by atoms with Gasteiger partial charge in [0.15, 0.2) is 11.4 Å². The first-order chi connectivity index (χ1) is 7.24. The van der Waals surface area contributed by atoms with Gasteiger partial charge in [-0.25, -0.2) is 0 Å². The minimum Gasteiger partial charge on any atom is -0.381 e. The van der Waals surface area contributed by atoms with Crippen molar-refractivity contribution < 1.29 is 9.30 Å². The molecule has 1 rings (SSSR count). The first kappa shape index (κ1) is 13.0. The van der Waals surface area contributed by atoms with Gasteiger partial charge < -0.3 is 4.74 Å². The second-order valence-corrected chi connectivity index (χ2v) is 7.43. The molecule has 0 aliphatic carbocycles. The second kappa shape index (κ2) is 7.29. The van der Waals surface area contributed by atoms with E-state index in [4.69, 9.17) is 4.74 Å². The Labute approximate surface area is 100 Å². The van der Waals surface area contributed by atoms with Gasteiger partial charge in [-0.1, -0.05) is 18.2 Å². The van der Waals surface area contributed by atoms with Gasteiger partial charge in [0.05, 0.1) is 11.5 Å². The third kappa shape index (κ3) is 5.03. The van der Waals surface area contributed by atoms with Crippen molar-refractivity contribution in [2.45, 2.75) is 18.2 Å². The van der Waals surface area contributed by atoms with Crippen LogP contribution in [-0.4, -0.2) is 13.2 Å². The summed E-state index contributed by atoms with van der Waals surface area (Å²) in [5.41, 5.74) is 1.17. The summed E-state index contributed by atoms with van der Waals surface area (Å²) in [6, 6.07) is 7.93. The van der Waals surface area contributed by atoms with Crippen LogP contribution in [0.5, 0.6) is 0 Å². The summed E-state index contributed by atoms with van der Waals surface area (Å²) in [5, 5.41) is 0. The fourth-order valence-corrected chi connectivity index (χ4v) is 3.64. The van der Waals surface area contributed by atoms with Gasteiger partial charge in [-0.05, 0) is 29.5 Å². The third-order valence-corrected chi connectivity index (χ3v) is 4.41. The van der Waals surface area contributed by atoms with Crippen LogP contribution in [0.15, 0.2) is 29.2 Å². The molecule has 0 saturated carbocycles. The van der Waals surface area contributed by atoms with Gasteiger partial charge in [0.2, 0.25) is 0 Å². The van der Waals surface area contributed by atoms with Crippen molar-refractivity contribution in [2.75, 3.05) is 13.2 Å². The van der Waals surface area contributed by atoms with Gasteiger partial charge in [-0.15, -0.1) is 0 Å². The maximum Gasteiger partial charge on any atom is 0.485 e. The molecule has 0 heterocycles. The average molecular weight is 261 g/mol. The van der Waals surface area contributed by atoms with Gasteiger partial charge >= 0.3 is 6.20 Å². The number of benzene rings is 1. The number of hydrogen-bond acceptors (Lipinski definition) is 3. The van der Waals surface area contributed by atoms with Crippen LogP contribution in [0.1, 0.15) is 12.5 Å². The van der Waals surface area contributed by atoms with Crippen LogP contribution in [-0.2, 0) is 15.7 Å². The molecule has 0 bridgehead atoms. The van der Waals surface area contributed by atoms with Crippen LogP contribution in [0.3, 0.4) is 0 Å². The van der Waals surface area contributed by atoms with Crippen molar-refractivity contribution in [3.8, 4) is 0 Å². The Balaban J connectivity index is 2.64. The Morgan fingerprint density at radius 1 is 1.47 bits per heavy atom. The van der Waals surface area contributed by atoms with Crippen molar-refractivity contribution in [1.29, 1.82) is 0 Å². The summed E-state index contributed by atoms with van der Waals surface area (Å²) in [6.45, 7) is 3.42. The van der Waals surface area contributed by atoms with Crippen LogP contribution in [0.25, 0.3) is 0 Å². The highest BCUT2D eigenvalue weighted by Gasteiger charge is 2.15. The largest absolute Gasteiger partial charge is 0.485 e. The summed E-state index contributed by atoms with van der Waals surface area (Å²) in [4.78, 5) is 1.04. The molecule has 0 N–H and O–H groups in total. The maximum absolute atomic E-state index is 11.0. The normalized spacial score (nSPS) is 11.5. The van der Waals surface area contributed by atoms with Crippen molar-refractivity contribution >= 4 is 29.8 Å². The van der Waals surface area contributed by atoms with Crippen molar-refractivity contribution in [2.24, 2.45) is 0 Å². The molecule has 0 fully saturated rings. The molecule has 82 valence electrons. The fraction of sp³-hybridized carbons (Fsp3) is 0.400. The molecule has 0 saturated heterocycles. The lowest BCUT2D eigenvalue weighted by atomic mass is 10.2. The van der Waals surface area contributed by atoms with Crippen molar-refractivity contribution in [3.63, 3.8) is 0 Å². The highest BCUT2D eigenvalue weighted by Crippen LogP contribution is 2.48. The maximum atomic E-state index is 11.0. The van der Waals surface area contributed by atoms with E-state index in [1.54, 1.807) is 0 Å². The number of hydrogen-bond donors (Lipinski definition) is 1. The Bertz CT molecular complexity index is 331. The van der Waals surface area contributed by atoms with Crippen molar-refractivity contribution in [1.82, 2.24) is 0 Å². The van der Waals surface area contributed by atoms with E-state index < -0.39 is 6.20 Å². The van der Waals surface area contributed by atoms with Crippen LogP contribution >= 0.6 is 29.8 Å². The standard InChI is InChI=1S/C10H13O2PS2/c1-2-12-8-7-9-5-3-4-6-10(9)15-13(11)14/h3-6H,2,7-8H2,1H3/p+1. The predicted molar refractivity (Wildman–Crippen MR) is 69.1 cm³/mol. The smallest absolute Gasteiger partial charge is 0.381 e. The van der Waals surface area contributed by atoms with Crippen LogP contribution in [0.4, 0.5) is 0 Å². The van der Waals surface area contributed by atoms with E-state index in [1.165, 1.54) is 16.9 Å². The molecule has 1 aromatic carbocycles. The minimum absolute atomic E-state index is 0.706. The minimum atomic E-state index is -1.49. The Hall–Kier alpha value is -0.0200. The Kier molecular flexibility index (Phi) is 6.34. The van der Waals surface area contributed by atoms with E-state index in [0.717, 1.165) is 17.9 Å². The SMILES string of the molecule is CCOCCc1ccccc1S[P+](=O)S. The molecule has 5 heteroatoms. The lowest BCUT2D eigenvalue weighted by molar-refractivity contribution is 0.150. The topological polar surface area (TPSA) is 26.3 Å². The average Bonchev–Trinajstić information content (AvgIpc) is 2.20. The summed E-state index contributed by atoms with van der Waals surface area (Å²) < 4.78 is 16.3. The van der Waals surface area contributed by atoms with Crippen molar-refractivity contribution in [3.05, 3.63) is 29.8 Å². The third-order valence-electron chi connectivity index (χ3n) is 1.87. The van der Waals surface area contributed by atoms with E-state index in [0.29, 0.717) is 6.61 Å². The van der Waals surface area contributed by atoms with E-state index in [2.05, 4.69) is 12.2 Å². The van der Waals surface area contributed by atoms with Crippen LogP contribution in [0.2, 0.25) is 0 Å². The highest BCUT2D eigenvalue weighted by atomic mass is 33.1. The molecular weight excluding hydrogens is 247 g/mol. The summed E-state index contributed by atoms with van der Waals surface area (Å²) in [7, 11) is 0. The molecule has 0 amide bonds. The number of ether oxygens (including phenoxy) is 1. The van der Waals surface area contributed by atoms with Crippen LogP contribution in [0, 0.1) is 0 Å². The zero-order valence-corrected chi connectivity index (χ0v) is 11.2. The number of rotatable bonds is 6. The zero-order valence-electron chi connectivity index (χ0n) is 8.55. The molecule has 1 atom stereocenters. The van der Waals surface area contributed by atoms with Gasteiger partial charge in [0.25, 0.3) is 0 Å². The summed E-state index contributed by atoms with van der Waals surface area (Å²) in [5.74, 6) is 0. The fourth-order valence-electron chi connectivity index (χ4n) is 1.21. The molecule has 0 spiro atoms. The van der Waals surface area contributed by atoms with Gasteiger partial charge in [-0.2, -0.15) is 0 Å². The number of thiol groups is 1. The Morgan fingerprint density at radius 3 is 2.87 bits per heavy atom. The van der Waals surface area contributed by atoms with E-state index >= 15 is 0 Å². The van der Waals surface area contributed by atoms with Gasteiger partial charge in [0, 0.05) is 6.61 Å². The van der Waals surface area contributed by atoms with Crippen LogP contribution < -0.4 is 0 Å². The second-order valence-electron chi connectivity index (χ2n) is 2.88. The summed E-state index contributed by atoms with van der Waals surface area (Å²) in [6.07, 6.45) is -0.636. The zero-order chi connectivity index (χ0) is 11.1. The van der Waals surface area contributed by atoms with E-state index in [1.807, 2.05) is 31.2 Å². The van der Waals surface area contributed by atoms with E-state index in [9.17, 15) is 4.57 Å². The van der Waals surface area contributed by atoms with Gasteiger partial charge in [-0.3, -0.25) is 0 Å². The molecule has 1 aromatic rings. The first-order valence-electron chi connectivity index (χ1n) is 4.73. The quantitative estimate of drug-likeness (QED) is 0.477. The summed E-state index contributed by atoms with van der Waals surface area (Å²) >= 11 is 5.21. The molecule has 0 aliphatic rings. The molecule has 0 aliphatic heterocycles. The lowest BCUT2D eigenvalue weighted by Gasteiger charge is -2.04. The molecule has 15 heavy (non-hydrogen) atoms. The van der Waals surface area contributed by atoms with E-state index in [-0.39, 0.29) is 0 Å². The molecule has 0 radical (unpaired) electrons. The molecule has 2 nitrogen and oxygen atoms in total. The molecular formula is C10H14O2PS2+. The predicted octanol–water partition coefficient (Wildman–Crippen LogP) is 3.94. The highest BCUT2D eigenvalue weighted by molar-refractivity contribution is 8.79. The Morgan fingerprint density at radius 2 is 2.20 bits per heavy atom. The lowest BCUT2D eigenvalue weighted by Crippen LogP contribution is -1.98.